The van der Waals surface area contributed by atoms with E-state index >= 15 is 0 Å². The summed E-state index contributed by atoms with van der Waals surface area (Å²) in [5.41, 5.74) is 2.94. The molecule has 2 rings (SSSR count). The molecule has 0 aliphatic carbocycles. The normalized spacial score (nSPS) is 10.5. The van der Waals surface area contributed by atoms with Gasteiger partial charge in [-0.1, -0.05) is 17.7 Å². The van der Waals surface area contributed by atoms with Gasteiger partial charge in [0.2, 0.25) is 0 Å². The third-order valence-corrected chi connectivity index (χ3v) is 3.10. The van der Waals surface area contributed by atoms with Crippen LogP contribution in [0, 0.1) is 10.1 Å². The molecule has 2 aromatic carbocycles. The van der Waals surface area contributed by atoms with Gasteiger partial charge >= 0.3 is 5.69 Å². The molecule has 0 bridgehead atoms. The van der Waals surface area contributed by atoms with Crippen LogP contribution in [0.1, 0.15) is 15.9 Å². The second kappa shape index (κ2) is 7.37. The summed E-state index contributed by atoms with van der Waals surface area (Å²) in [5, 5.41) is 15.1. The van der Waals surface area contributed by atoms with Crippen LogP contribution < -0.4 is 10.2 Å². The van der Waals surface area contributed by atoms with Crippen LogP contribution in [-0.2, 0) is 0 Å². The van der Waals surface area contributed by atoms with E-state index in [9.17, 15) is 14.9 Å². The van der Waals surface area contributed by atoms with Crippen molar-refractivity contribution in [2.75, 3.05) is 7.11 Å². The Morgan fingerprint density at radius 3 is 2.78 bits per heavy atom. The Morgan fingerprint density at radius 2 is 2.13 bits per heavy atom. The molecule has 0 unspecified atom stereocenters. The lowest BCUT2D eigenvalue weighted by molar-refractivity contribution is -0.385. The van der Waals surface area contributed by atoms with Gasteiger partial charge in [0.1, 0.15) is 0 Å². The molecule has 8 heteroatoms. The molecule has 118 valence electrons. The molecular formula is C15H12ClN3O4. The Morgan fingerprint density at radius 1 is 1.35 bits per heavy atom. The fourth-order valence-electron chi connectivity index (χ4n) is 1.79. The lowest BCUT2D eigenvalue weighted by Gasteiger charge is -2.02. The lowest BCUT2D eigenvalue weighted by Crippen LogP contribution is -2.17. The molecule has 0 aliphatic heterocycles. The molecule has 0 heterocycles. The third kappa shape index (κ3) is 4.27. The number of nitro benzene ring substituents is 1. The minimum atomic E-state index is -0.555. The van der Waals surface area contributed by atoms with Crippen molar-refractivity contribution >= 4 is 29.4 Å². The van der Waals surface area contributed by atoms with Gasteiger partial charge < -0.3 is 4.74 Å². The topological polar surface area (TPSA) is 93.8 Å². The Labute approximate surface area is 136 Å². The lowest BCUT2D eigenvalue weighted by atomic mass is 10.2. The molecule has 1 amide bonds. The van der Waals surface area contributed by atoms with E-state index in [1.165, 1.54) is 31.5 Å². The van der Waals surface area contributed by atoms with Gasteiger partial charge in [-0.05, 0) is 30.3 Å². The Balaban J connectivity index is 2.10. The average Bonchev–Trinajstić information content (AvgIpc) is 2.54. The van der Waals surface area contributed by atoms with Gasteiger partial charge in [-0.15, -0.1) is 0 Å². The van der Waals surface area contributed by atoms with Crippen molar-refractivity contribution in [2.45, 2.75) is 0 Å². The predicted molar refractivity (Wildman–Crippen MR) is 86.2 cm³/mol. The van der Waals surface area contributed by atoms with Gasteiger partial charge in [0, 0.05) is 22.2 Å². The van der Waals surface area contributed by atoms with Gasteiger partial charge in [-0.25, -0.2) is 5.43 Å². The van der Waals surface area contributed by atoms with Crippen molar-refractivity contribution in [3.8, 4) is 5.75 Å². The van der Waals surface area contributed by atoms with E-state index in [0.29, 0.717) is 16.1 Å². The molecule has 0 saturated heterocycles. The zero-order valence-corrected chi connectivity index (χ0v) is 12.8. The molecule has 0 fully saturated rings. The summed E-state index contributed by atoms with van der Waals surface area (Å²) >= 11 is 5.80. The largest absolute Gasteiger partial charge is 0.490 e. The number of nitro groups is 1. The summed E-state index contributed by atoms with van der Waals surface area (Å²) in [4.78, 5) is 22.2. The molecule has 0 spiro atoms. The van der Waals surface area contributed by atoms with E-state index in [0.717, 1.165) is 0 Å². The van der Waals surface area contributed by atoms with E-state index < -0.39 is 10.8 Å². The summed E-state index contributed by atoms with van der Waals surface area (Å²) in [6, 6.07) is 10.7. The quantitative estimate of drug-likeness (QED) is 0.517. The van der Waals surface area contributed by atoms with Gasteiger partial charge in [-0.3, -0.25) is 14.9 Å². The van der Waals surface area contributed by atoms with Crippen LogP contribution in [0.25, 0.3) is 0 Å². The van der Waals surface area contributed by atoms with E-state index in [1.54, 1.807) is 24.3 Å². The molecule has 0 radical (unpaired) electrons. The minimum Gasteiger partial charge on any atom is -0.490 e. The molecule has 1 N–H and O–H groups in total. The number of ether oxygens (including phenoxy) is 1. The highest BCUT2D eigenvalue weighted by Gasteiger charge is 2.14. The molecule has 0 atom stereocenters. The number of methoxy groups -OCH3 is 1. The highest BCUT2D eigenvalue weighted by atomic mass is 35.5. The standard InChI is InChI=1S/C15H12ClN3O4/c1-23-14-6-5-10(7-13(14)19(21)22)9-17-18-15(20)11-3-2-4-12(16)8-11/h2-9H,1H3,(H,18,20)/b17-9-. The molecule has 0 saturated carbocycles. The van der Waals surface area contributed by atoms with Crippen molar-refractivity contribution in [3.05, 3.63) is 68.7 Å². The van der Waals surface area contributed by atoms with Gasteiger partial charge in [-0.2, -0.15) is 5.10 Å². The highest BCUT2D eigenvalue weighted by Crippen LogP contribution is 2.26. The zero-order chi connectivity index (χ0) is 16.8. The number of rotatable bonds is 5. The van der Waals surface area contributed by atoms with Crippen LogP contribution >= 0.6 is 11.6 Å². The first-order valence-corrected chi connectivity index (χ1v) is 6.80. The number of nitrogens with zero attached hydrogens (tertiary/aromatic N) is 2. The molecule has 7 nitrogen and oxygen atoms in total. The number of hydrazone groups is 1. The van der Waals surface area contributed by atoms with E-state index in [2.05, 4.69) is 10.5 Å². The monoisotopic (exact) mass is 333 g/mol. The minimum absolute atomic E-state index is 0.148. The maximum absolute atomic E-state index is 11.9. The summed E-state index contributed by atoms with van der Waals surface area (Å²) in [5.74, 6) is -0.290. The van der Waals surface area contributed by atoms with Crippen molar-refractivity contribution in [1.29, 1.82) is 0 Å². The first-order chi connectivity index (χ1) is 11.0. The van der Waals surface area contributed by atoms with E-state index in [1.807, 2.05) is 0 Å². The number of hydrogen-bond donors (Lipinski definition) is 1. The van der Waals surface area contributed by atoms with E-state index in [-0.39, 0.29) is 11.4 Å². The van der Waals surface area contributed by atoms with Gasteiger partial charge in [0.05, 0.1) is 18.2 Å². The second-order valence-corrected chi connectivity index (χ2v) is 4.83. The fourth-order valence-corrected chi connectivity index (χ4v) is 1.98. The molecule has 0 aliphatic rings. The van der Waals surface area contributed by atoms with Crippen molar-refractivity contribution in [2.24, 2.45) is 5.10 Å². The third-order valence-electron chi connectivity index (χ3n) is 2.87. The SMILES string of the molecule is COc1ccc(/C=N\NC(=O)c2cccc(Cl)c2)cc1[N+](=O)[O-]. The van der Waals surface area contributed by atoms with Crippen molar-refractivity contribution < 1.29 is 14.5 Å². The smallest absolute Gasteiger partial charge is 0.311 e. The van der Waals surface area contributed by atoms with Crippen LogP contribution in [0.15, 0.2) is 47.6 Å². The Kier molecular flexibility index (Phi) is 5.27. The van der Waals surface area contributed by atoms with Crippen LogP contribution in [-0.4, -0.2) is 24.2 Å². The summed E-state index contributed by atoms with van der Waals surface area (Å²) in [6.45, 7) is 0. The first-order valence-electron chi connectivity index (χ1n) is 6.42. The van der Waals surface area contributed by atoms with Gasteiger partial charge in [0.15, 0.2) is 5.75 Å². The second-order valence-electron chi connectivity index (χ2n) is 4.40. The van der Waals surface area contributed by atoms with Gasteiger partial charge in [0.25, 0.3) is 5.91 Å². The summed E-state index contributed by atoms with van der Waals surface area (Å²) in [7, 11) is 1.35. The number of carbonyl (C=O) groups is 1. The van der Waals surface area contributed by atoms with Crippen LogP contribution in [0.5, 0.6) is 5.75 Å². The number of benzene rings is 2. The fraction of sp³-hybridized carbons (Fsp3) is 0.0667. The van der Waals surface area contributed by atoms with Crippen molar-refractivity contribution in [3.63, 3.8) is 0 Å². The maximum Gasteiger partial charge on any atom is 0.311 e. The molecular weight excluding hydrogens is 322 g/mol. The van der Waals surface area contributed by atoms with Crippen LogP contribution in [0.4, 0.5) is 5.69 Å². The maximum atomic E-state index is 11.9. The Bertz CT molecular complexity index is 777. The number of amides is 1. The number of carbonyl (C=O) groups excluding carboxylic acids is 1. The van der Waals surface area contributed by atoms with Crippen LogP contribution in [0.2, 0.25) is 5.02 Å². The molecule has 23 heavy (non-hydrogen) atoms. The average molecular weight is 334 g/mol. The highest BCUT2D eigenvalue weighted by molar-refractivity contribution is 6.30. The van der Waals surface area contributed by atoms with Crippen LogP contribution in [0.3, 0.4) is 0 Å². The number of halogens is 1. The van der Waals surface area contributed by atoms with Crippen molar-refractivity contribution in [1.82, 2.24) is 5.43 Å². The predicted octanol–water partition coefficient (Wildman–Crippen LogP) is 3.02. The number of nitrogens with one attached hydrogen (secondary N) is 1. The zero-order valence-electron chi connectivity index (χ0n) is 12.0. The summed E-state index contributed by atoms with van der Waals surface area (Å²) in [6.07, 6.45) is 1.30. The number of hydrogen-bond acceptors (Lipinski definition) is 5. The first kappa shape index (κ1) is 16.4. The molecule has 2 aromatic rings. The summed E-state index contributed by atoms with van der Waals surface area (Å²) < 4.78 is 4.90. The molecule has 0 aromatic heterocycles. The Hall–Kier alpha value is -2.93. The van der Waals surface area contributed by atoms with E-state index in [4.69, 9.17) is 16.3 Å².